The van der Waals surface area contributed by atoms with Crippen molar-refractivity contribution in [2.45, 2.75) is 32.4 Å². The Bertz CT molecular complexity index is 512. The zero-order chi connectivity index (χ0) is 15.6. The minimum atomic E-state index is -0.330. The van der Waals surface area contributed by atoms with Crippen LogP contribution in [0.2, 0.25) is 0 Å². The quantitative estimate of drug-likeness (QED) is 0.762. The lowest BCUT2D eigenvalue weighted by Crippen LogP contribution is -2.46. The molecule has 1 aromatic rings. The third-order valence-electron chi connectivity index (χ3n) is 2.96. The summed E-state index contributed by atoms with van der Waals surface area (Å²) in [6.07, 6.45) is -0.330. The molecule has 0 bridgehead atoms. The topological polar surface area (TPSA) is 101 Å². The van der Waals surface area contributed by atoms with E-state index in [9.17, 15) is 4.79 Å². The van der Waals surface area contributed by atoms with E-state index in [0.717, 1.165) is 0 Å². The van der Waals surface area contributed by atoms with Gasteiger partial charge in [-0.3, -0.25) is 4.79 Å². The van der Waals surface area contributed by atoms with Gasteiger partial charge in [-0.1, -0.05) is 11.3 Å². The SMILES string of the molecule is CC(C)(C)Nc1nc(N)c(C(=O)N2CCOC(CO)C2)s1. The molecule has 0 spiro atoms. The van der Waals surface area contributed by atoms with Gasteiger partial charge in [0.15, 0.2) is 5.13 Å². The molecule has 1 aromatic heterocycles. The van der Waals surface area contributed by atoms with Crippen LogP contribution in [0.3, 0.4) is 0 Å². The molecule has 2 heterocycles. The number of hydrogen-bond acceptors (Lipinski definition) is 7. The second kappa shape index (κ2) is 6.17. The highest BCUT2D eigenvalue weighted by Gasteiger charge is 2.28. The maximum absolute atomic E-state index is 12.5. The molecule has 1 unspecified atom stereocenters. The standard InChI is InChI=1S/C13H22N4O3S/c1-13(2,3)16-12-15-10(14)9(21-12)11(19)17-4-5-20-8(6-17)7-18/h8,18H,4-7,14H2,1-3H3,(H,15,16). The van der Waals surface area contributed by atoms with Crippen molar-refractivity contribution >= 4 is 28.2 Å². The van der Waals surface area contributed by atoms with Crippen LogP contribution in [0.25, 0.3) is 0 Å². The number of morpholine rings is 1. The van der Waals surface area contributed by atoms with Gasteiger partial charge in [0, 0.05) is 18.6 Å². The Morgan fingerprint density at radius 1 is 1.62 bits per heavy atom. The van der Waals surface area contributed by atoms with Crippen LogP contribution in [0.5, 0.6) is 0 Å². The molecular weight excluding hydrogens is 292 g/mol. The van der Waals surface area contributed by atoms with Crippen LogP contribution in [0, 0.1) is 0 Å². The van der Waals surface area contributed by atoms with Crippen LogP contribution in [0.1, 0.15) is 30.4 Å². The Morgan fingerprint density at radius 2 is 2.33 bits per heavy atom. The minimum absolute atomic E-state index is 0.0984. The summed E-state index contributed by atoms with van der Waals surface area (Å²) in [6, 6.07) is 0. The summed E-state index contributed by atoms with van der Waals surface area (Å²) in [5.74, 6) is 0.0810. The normalized spacial score (nSPS) is 19.6. The second-order valence-corrected chi connectivity index (χ2v) is 7.03. The van der Waals surface area contributed by atoms with Crippen molar-refractivity contribution in [3.63, 3.8) is 0 Å². The van der Waals surface area contributed by atoms with Gasteiger partial charge in [0.05, 0.1) is 19.3 Å². The third-order valence-corrected chi connectivity index (χ3v) is 3.93. The number of aliphatic hydroxyl groups is 1. The molecule has 118 valence electrons. The summed E-state index contributed by atoms with van der Waals surface area (Å²) in [4.78, 5) is 18.8. The molecule has 1 amide bonds. The molecule has 0 aromatic carbocycles. The largest absolute Gasteiger partial charge is 0.394 e. The van der Waals surface area contributed by atoms with E-state index in [2.05, 4.69) is 10.3 Å². The molecule has 4 N–H and O–H groups in total. The first-order valence-corrected chi connectivity index (χ1v) is 7.68. The van der Waals surface area contributed by atoms with Crippen molar-refractivity contribution in [1.82, 2.24) is 9.88 Å². The van der Waals surface area contributed by atoms with Crippen molar-refractivity contribution in [3.8, 4) is 0 Å². The van der Waals surface area contributed by atoms with Gasteiger partial charge in [-0.2, -0.15) is 0 Å². The molecule has 0 radical (unpaired) electrons. The van der Waals surface area contributed by atoms with Crippen LogP contribution in [-0.4, -0.2) is 58.8 Å². The highest BCUT2D eigenvalue weighted by molar-refractivity contribution is 7.18. The van der Waals surface area contributed by atoms with Crippen LogP contribution in [0.4, 0.5) is 10.9 Å². The van der Waals surface area contributed by atoms with E-state index in [1.165, 1.54) is 11.3 Å². The summed E-state index contributed by atoms with van der Waals surface area (Å²) in [7, 11) is 0. The smallest absolute Gasteiger partial charge is 0.268 e. The molecule has 1 aliphatic rings. The number of carbonyl (C=O) groups excluding carboxylic acids is 1. The molecule has 8 heteroatoms. The molecule has 21 heavy (non-hydrogen) atoms. The lowest BCUT2D eigenvalue weighted by Gasteiger charge is -2.31. The van der Waals surface area contributed by atoms with Gasteiger partial charge in [-0.05, 0) is 20.8 Å². The number of aliphatic hydroxyl groups excluding tert-OH is 1. The fourth-order valence-electron chi connectivity index (χ4n) is 2.02. The minimum Gasteiger partial charge on any atom is -0.394 e. The van der Waals surface area contributed by atoms with Gasteiger partial charge >= 0.3 is 0 Å². The average Bonchev–Trinajstić information content (AvgIpc) is 2.76. The summed E-state index contributed by atoms with van der Waals surface area (Å²) in [5, 5.41) is 13.0. The van der Waals surface area contributed by atoms with Gasteiger partial charge in [-0.25, -0.2) is 4.98 Å². The lowest BCUT2D eigenvalue weighted by atomic mass is 10.1. The first-order valence-electron chi connectivity index (χ1n) is 6.86. The first kappa shape index (κ1) is 16.0. The van der Waals surface area contributed by atoms with Crippen molar-refractivity contribution in [3.05, 3.63) is 4.88 Å². The Hall–Kier alpha value is -1.38. The van der Waals surface area contributed by atoms with E-state index in [0.29, 0.717) is 29.7 Å². The zero-order valence-corrected chi connectivity index (χ0v) is 13.4. The monoisotopic (exact) mass is 314 g/mol. The number of hydrogen-bond donors (Lipinski definition) is 3. The highest BCUT2D eigenvalue weighted by atomic mass is 32.1. The van der Waals surface area contributed by atoms with Gasteiger partial charge in [0.1, 0.15) is 10.7 Å². The Kier molecular flexibility index (Phi) is 4.70. The van der Waals surface area contributed by atoms with Gasteiger partial charge in [-0.15, -0.1) is 0 Å². The Morgan fingerprint density at radius 3 is 2.95 bits per heavy atom. The number of ether oxygens (including phenoxy) is 1. The number of nitrogens with zero attached hydrogens (tertiary/aromatic N) is 2. The predicted molar refractivity (Wildman–Crippen MR) is 82.6 cm³/mol. The van der Waals surface area contributed by atoms with Crippen molar-refractivity contribution in [2.75, 3.05) is 37.4 Å². The number of nitrogens with one attached hydrogen (secondary N) is 1. The highest BCUT2D eigenvalue weighted by Crippen LogP contribution is 2.28. The van der Waals surface area contributed by atoms with E-state index >= 15 is 0 Å². The summed E-state index contributed by atoms with van der Waals surface area (Å²) < 4.78 is 5.34. The number of rotatable bonds is 3. The van der Waals surface area contributed by atoms with E-state index in [4.69, 9.17) is 15.6 Å². The number of thiazole rings is 1. The van der Waals surface area contributed by atoms with E-state index in [1.807, 2.05) is 20.8 Å². The molecule has 2 rings (SSSR count). The predicted octanol–water partition coefficient (Wildman–Crippen LogP) is 0.769. The van der Waals surface area contributed by atoms with Crippen LogP contribution in [-0.2, 0) is 4.74 Å². The number of nitrogens with two attached hydrogens (primary N) is 1. The van der Waals surface area contributed by atoms with Gasteiger partial charge < -0.3 is 25.8 Å². The van der Waals surface area contributed by atoms with Crippen LogP contribution < -0.4 is 11.1 Å². The lowest BCUT2D eigenvalue weighted by molar-refractivity contribution is -0.0445. The molecule has 0 saturated carbocycles. The fraction of sp³-hybridized carbons (Fsp3) is 0.692. The average molecular weight is 314 g/mol. The number of aromatic nitrogens is 1. The zero-order valence-electron chi connectivity index (χ0n) is 12.5. The van der Waals surface area contributed by atoms with Crippen molar-refractivity contribution in [2.24, 2.45) is 0 Å². The molecule has 7 nitrogen and oxygen atoms in total. The summed E-state index contributed by atoms with van der Waals surface area (Å²) in [6.45, 7) is 7.23. The van der Waals surface area contributed by atoms with Crippen molar-refractivity contribution < 1.29 is 14.6 Å². The Labute approximate surface area is 128 Å². The molecule has 1 fully saturated rings. The van der Waals surface area contributed by atoms with E-state index in [-0.39, 0.29) is 30.0 Å². The second-order valence-electron chi connectivity index (χ2n) is 6.03. The van der Waals surface area contributed by atoms with Crippen LogP contribution >= 0.6 is 11.3 Å². The van der Waals surface area contributed by atoms with E-state index < -0.39 is 0 Å². The maximum Gasteiger partial charge on any atom is 0.268 e. The number of carbonyl (C=O) groups is 1. The van der Waals surface area contributed by atoms with Crippen molar-refractivity contribution in [1.29, 1.82) is 0 Å². The molecule has 0 aliphatic carbocycles. The Balaban J connectivity index is 2.12. The van der Waals surface area contributed by atoms with Crippen LogP contribution in [0.15, 0.2) is 0 Å². The molecule has 1 aliphatic heterocycles. The number of nitrogen functional groups attached to an aromatic ring is 1. The number of amides is 1. The summed E-state index contributed by atoms with van der Waals surface area (Å²) >= 11 is 1.26. The number of anilines is 2. The van der Waals surface area contributed by atoms with E-state index in [1.54, 1.807) is 4.90 Å². The van der Waals surface area contributed by atoms with Gasteiger partial charge in [0.25, 0.3) is 5.91 Å². The fourth-order valence-corrected chi connectivity index (χ4v) is 3.08. The molecular formula is C13H22N4O3S. The first-order chi connectivity index (χ1) is 9.80. The molecule has 1 atom stereocenters. The third kappa shape index (κ3) is 4.05. The molecule has 1 saturated heterocycles. The van der Waals surface area contributed by atoms with Gasteiger partial charge in [0.2, 0.25) is 0 Å². The maximum atomic E-state index is 12.5. The summed E-state index contributed by atoms with van der Waals surface area (Å²) in [5.41, 5.74) is 5.72.